The summed E-state index contributed by atoms with van der Waals surface area (Å²) in [5, 5.41) is 12.8. The summed E-state index contributed by atoms with van der Waals surface area (Å²) in [4.78, 5) is 10.7. The Morgan fingerprint density at radius 1 is 1.06 bits per heavy atom. The number of primary amides is 1. The molecule has 6 N–H and O–H groups in total. The SMILES string of the molecule is Cc1cc(O)cc(CN)c1CCC(N)=O.c1ccc(Cc2ccc3c(c2)CCCN3)cc1. The fraction of sp³-hybridized carbons (Fsp3) is 0.296. The van der Waals surface area contributed by atoms with E-state index in [9.17, 15) is 9.90 Å². The molecule has 0 radical (unpaired) electrons. The molecule has 1 aliphatic heterocycles. The monoisotopic (exact) mass is 431 g/mol. The summed E-state index contributed by atoms with van der Waals surface area (Å²) >= 11 is 0. The van der Waals surface area contributed by atoms with E-state index < -0.39 is 0 Å². The van der Waals surface area contributed by atoms with Crippen molar-refractivity contribution >= 4 is 11.6 Å². The van der Waals surface area contributed by atoms with Gasteiger partial charge in [-0.05, 0) is 84.2 Å². The first-order valence-electron chi connectivity index (χ1n) is 11.2. The van der Waals surface area contributed by atoms with Crippen LogP contribution < -0.4 is 16.8 Å². The molecule has 5 heteroatoms. The molecule has 0 aromatic heterocycles. The molecule has 0 unspecified atom stereocenters. The minimum absolute atomic E-state index is 0.204. The fourth-order valence-electron chi connectivity index (χ4n) is 4.13. The summed E-state index contributed by atoms with van der Waals surface area (Å²) in [5.74, 6) is -0.124. The highest BCUT2D eigenvalue weighted by Gasteiger charge is 2.09. The number of hydrogen-bond acceptors (Lipinski definition) is 4. The molecule has 0 saturated carbocycles. The molecular formula is C27H33N3O2. The maximum atomic E-state index is 10.7. The lowest BCUT2D eigenvalue weighted by molar-refractivity contribution is -0.117. The Hall–Kier alpha value is -3.31. The van der Waals surface area contributed by atoms with E-state index in [0.29, 0.717) is 19.4 Å². The van der Waals surface area contributed by atoms with Gasteiger partial charge in [0.15, 0.2) is 0 Å². The number of benzene rings is 3. The first-order chi connectivity index (χ1) is 15.5. The van der Waals surface area contributed by atoms with E-state index in [4.69, 9.17) is 11.5 Å². The number of hydrogen-bond donors (Lipinski definition) is 4. The van der Waals surface area contributed by atoms with Crippen LogP contribution in [0, 0.1) is 6.92 Å². The van der Waals surface area contributed by atoms with Gasteiger partial charge in [0.25, 0.3) is 0 Å². The second-order valence-electron chi connectivity index (χ2n) is 8.25. The Kier molecular flexibility index (Phi) is 8.28. The molecule has 1 heterocycles. The predicted octanol–water partition coefficient (Wildman–Crippen LogP) is 4.21. The van der Waals surface area contributed by atoms with Crippen LogP contribution in [0.15, 0.2) is 60.7 Å². The average Bonchev–Trinajstić information content (AvgIpc) is 2.79. The minimum atomic E-state index is -0.328. The van der Waals surface area contributed by atoms with Crippen molar-refractivity contribution in [1.82, 2.24) is 0 Å². The molecule has 0 bridgehead atoms. The molecule has 1 amide bonds. The van der Waals surface area contributed by atoms with Crippen LogP contribution in [-0.2, 0) is 30.6 Å². The number of carbonyl (C=O) groups is 1. The number of amides is 1. The average molecular weight is 432 g/mol. The van der Waals surface area contributed by atoms with Crippen molar-refractivity contribution in [1.29, 1.82) is 0 Å². The van der Waals surface area contributed by atoms with E-state index >= 15 is 0 Å². The van der Waals surface area contributed by atoms with E-state index in [0.717, 1.165) is 29.7 Å². The zero-order valence-electron chi connectivity index (χ0n) is 18.7. The molecule has 168 valence electrons. The number of phenols is 1. The molecular weight excluding hydrogens is 398 g/mol. The van der Waals surface area contributed by atoms with E-state index in [1.54, 1.807) is 12.1 Å². The molecule has 3 aromatic rings. The normalized spacial score (nSPS) is 12.2. The molecule has 0 fully saturated rings. The number of aromatic hydroxyl groups is 1. The second-order valence-corrected chi connectivity index (χ2v) is 8.25. The molecule has 3 aromatic carbocycles. The highest BCUT2D eigenvalue weighted by molar-refractivity contribution is 5.74. The van der Waals surface area contributed by atoms with Gasteiger partial charge < -0.3 is 21.9 Å². The number of carbonyl (C=O) groups excluding carboxylic acids is 1. The van der Waals surface area contributed by atoms with E-state index in [2.05, 4.69) is 53.8 Å². The molecule has 0 aliphatic carbocycles. The van der Waals surface area contributed by atoms with Gasteiger partial charge in [0.1, 0.15) is 5.75 Å². The smallest absolute Gasteiger partial charge is 0.217 e. The third-order valence-electron chi connectivity index (χ3n) is 5.75. The van der Waals surface area contributed by atoms with Crippen LogP contribution in [0.1, 0.15) is 46.2 Å². The zero-order chi connectivity index (χ0) is 22.9. The van der Waals surface area contributed by atoms with Gasteiger partial charge in [-0.3, -0.25) is 4.79 Å². The van der Waals surface area contributed by atoms with E-state index in [1.165, 1.54) is 35.2 Å². The van der Waals surface area contributed by atoms with Gasteiger partial charge in [-0.25, -0.2) is 0 Å². The third kappa shape index (κ3) is 6.59. The first-order valence-corrected chi connectivity index (χ1v) is 11.2. The molecule has 4 rings (SSSR count). The molecule has 1 aliphatic rings. The number of fused-ring (bicyclic) bond motifs is 1. The van der Waals surface area contributed by atoms with Crippen molar-refractivity contribution in [3.8, 4) is 5.75 Å². The maximum absolute atomic E-state index is 10.7. The van der Waals surface area contributed by atoms with Gasteiger partial charge in [0.2, 0.25) is 5.91 Å². The van der Waals surface area contributed by atoms with Crippen molar-refractivity contribution in [3.05, 3.63) is 94.0 Å². The Morgan fingerprint density at radius 2 is 1.84 bits per heavy atom. The number of anilines is 1. The summed E-state index contributed by atoms with van der Waals surface area (Å²) in [7, 11) is 0. The maximum Gasteiger partial charge on any atom is 0.217 e. The molecule has 0 saturated heterocycles. The second kappa shape index (κ2) is 11.3. The van der Waals surface area contributed by atoms with Gasteiger partial charge in [-0.2, -0.15) is 0 Å². The lowest BCUT2D eigenvalue weighted by atomic mass is 9.97. The highest BCUT2D eigenvalue weighted by Crippen LogP contribution is 2.24. The number of aryl methyl sites for hydroxylation is 2. The largest absolute Gasteiger partial charge is 0.508 e. The summed E-state index contributed by atoms with van der Waals surface area (Å²) in [6.45, 7) is 3.35. The van der Waals surface area contributed by atoms with Crippen LogP contribution in [0.3, 0.4) is 0 Å². The van der Waals surface area contributed by atoms with E-state index in [1.807, 2.05) is 6.92 Å². The minimum Gasteiger partial charge on any atom is -0.508 e. The third-order valence-corrected chi connectivity index (χ3v) is 5.75. The molecule has 0 atom stereocenters. The van der Waals surface area contributed by atoms with Crippen molar-refractivity contribution in [2.45, 2.75) is 45.6 Å². The van der Waals surface area contributed by atoms with Gasteiger partial charge >= 0.3 is 0 Å². The van der Waals surface area contributed by atoms with Crippen LogP contribution in [0.2, 0.25) is 0 Å². The van der Waals surface area contributed by atoms with Gasteiger partial charge in [-0.1, -0.05) is 42.5 Å². The lowest BCUT2D eigenvalue weighted by Crippen LogP contribution is -2.13. The van der Waals surface area contributed by atoms with Crippen molar-refractivity contribution in [2.24, 2.45) is 11.5 Å². The summed E-state index contributed by atoms with van der Waals surface area (Å²) in [6.07, 6.45) is 4.38. The van der Waals surface area contributed by atoms with Crippen LogP contribution in [0.5, 0.6) is 5.75 Å². The Labute approximate surface area is 190 Å². The number of phenolic OH excluding ortho intramolecular Hbond substituents is 1. The Balaban J connectivity index is 0.000000183. The topological polar surface area (TPSA) is 101 Å². The van der Waals surface area contributed by atoms with Crippen molar-refractivity contribution < 1.29 is 9.90 Å². The number of nitrogens with two attached hydrogens (primary N) is 2. The Morgan fingerprint density at radius 3 is 2.56 bits per heavy atom. The van der Waals surface area contributed by atoms with Gasteiger partial charge in [0.05, 0.1) is 0 Å². The van der Waals surface area contributed by atoms with Gasteiger partial charge in [-0.15, -0.1) is 0 Å². The first kappa shape index (κ1) is 23.4. The van der Waals surface area contributed by atoms with Crippen molar-refractivity contribution in [3.63, 3.8) is 0 Å². The lowest BCUT2D eigenvalue weighted by Gasteiger charge is -2.18. The molecule has 0 spiro atoms. The zero-order valence-corrected chi connectivity index (χ0v) is 18.7. The predicted molar refractivity (Wildman–Crippen MR) is 131 cm³/mol. The standard InChI is InChI=1S/C16H17N.C11H16N2O2/c1-2-5-13(6-3-1)11-14-8-9-16-15(12-14)7-4-10-17-16;1-7-4-9(14)5-8(6-12)10(7)2-3-11(13)15/h1-3,5-6,8-9,12,17H,4,7,10-11H2;4-5,14H,2-3,6,12H2,1H3,(H2,13,15). The van der Waals surface area contributed by atoms with Gasteiger partial charge in [0, 0.05) is 25.2 Å². The molecule has 5 nitrogen and oxygen atoms in total. The van der Waals surface area contributed by atoms with Crippen LogP contribution in [0.4, 0.5) is 5.69 Å². The Bertz CT molecular complexity index is 1050. The van der Waals surface area contributed by atoms with Crippen LogP contribution in [0.25, 0.3) is 0 Å². The quantitative estimate of drug-likeness (QED) is 0.469. The summed E-state index contributed by atoms with van der Waals surface area (Å²) in [6, 6.07) is 20.8. The van der Waals surface area contributed by atoms with Crippen LogP contribution >= 0.6 is 0 Å². The van der Waals surface area contributed by atoms with E-state index in [-0.39, 0.29) is 11.7 Å². The fourth-order valence-corrected chi connectivity index (χ4v) is 4.13. The number of rotatable bonds is 6. The van der Waals surface area contributed by atoms with Crippen molar-refractivity contribution in [2.75, 3.05) is 11.9 Å². The molecule has 32 heavy (non-hydrogen) atoms. The summed E-state index contributed by atoms with van der Waals surface area (Å²) in [5.41, 5.74) is 19.1. The highest BCUT2D eigenvalue weighted by atomic mass is 16.3. The van der Waals surface area contributed by atoms with Crippen LogP contribution in [-0.4, -0.2) is 17.6 Å². The number of nitrogens with one attached hydrogen (secondary N) is 1. The summed E-state index contributed by atoms with van der Waals surface area (Å²) < 4.78 is 0.